The highest BCUT2D eigenvalue weighted by Crippen LogP contribution is 2.41. The summed E-state index contributed by atoms with van der Waals surface area (Å²) in [4.78, 5) is 9.65. The van der Waals surface area contributed by atoms with E-state index in [1.54, 1.807) is 0 Å². The lowest BCUT2D eigenvalue weighted by Crippen LogP contribution is -2.21. The molecule has 2 unspecified atom stereocenters. The van der Waals surface area contributed by atoms with Gasteiger partial charge in [0.2, 0.25) is 0 Å². The summed E-state index contributed by atoms with van der Waals surface area (Å²) in [7, 11) is 0. The maximum atomic E-state index is 5.71. The Balaban J connectivity index is 1.97. The van der Waals surface area contributed by atoms with Crippen molar-refractivity contribution in [1.29, 1.82) is 0 Å². The van der Waals surface area contributed by atoms with Gasteiger partial charge in [-0.25, -0.2) is 15.8 Å². The molecular weight excluding hydrogens is 288 g/mol. The molecule has 1 aliphatic heterocycles. The molecule has 4 nitrogen and oxygen atoms in total. The third-order valence-corrected chi connectivity index (χ3v) is 7.12. The van der Waals surface area contributed by atoms with E-state index in [1.165, 1.54) is 42.0 Å². The Bertz CT molecular complexity index is 480. The van der Waals surface area contributed by atoms with Gasteiger partial charge in [-0.2, -0.15) is 11.8 Å². The Morgan fingerprint density at radius 2 is 1.90 bits per heavy atom. The molecule has 2 aliphatic rings. The second kappa shape index (κ2) is 6.54. The number of anilines is 1. The number of aromatic nitrogens is 2. The van der Waals surface area contributed by atoms with Crippen molar-refractivity contribution in [1.82, 2.24) is 9.97 Å². The summed E-state index contributed by atoms with van der Waals surface area (Å²) in [5.74, 6) is 9.96. The predicted octanol–water partition coefficient (Wildman–Crippen LogP) is 2.94. The summed E-state index contributed by atoms with van der Waals surface area (Å²) in [5, 5.41) is 0.970. The van der Waals surface area contributed by atoms with Crippen LogP contribution in [0.2, 0.25) is 0 Å². The molecule has 0 aromatic carbocycles. The predicted molar refractivity (Wildman–Crippen MR) is 88.2 cm³/mol. The van der Waals surface area contributed by atoms with Crippen molar-refractivity contribution in [3.63, 3.8) is 0 Å². The van der Waals surface area contributed by atoms with Crippen molar-refractivity contribution >= 4 is 29.3 Å². The number of thioether (sulfide) groups is 2. The molecule has 0 amide bonds. The molecule has 0 bridgehead atoms. The minimum absolute atomic E-state index is 0.398. The molecule has 1 fully saturated rings. The fourth-order valence-electron chi connectivity index (χ4n) is 2.95. The van der Waals surface area contributed by atoms with Crippen molar-refractivity contribution in [2.45, 2.75) is 49.5 Å². The van der Waals surface area contributed by atoms with Gasteiger partial charge in [-0.1, -0.05) is 13.3 Å². The molecule has 6 heteroatoms. The third-order valence-electron chi connectivity index (χ3n) is 4.03. The molecule has 1 aromatic rings. The van der Waals surface area contributed by atoms with Gasteiger partial charge in [-0.15, -0.1) is 11.8 Å². The summed E-state index contributed by atoms with van der Waals surface area (Å²) < 4.78 is 0. The monoisotopic (exact) mass is 310 g/mol. The lowest BCUT2D eigenvalue weighted by molar-refractivity contribution is 0.707. The van der Waals surface area contributed by atoms with Crippen LogP contribution >= 0.6 is 23.5 Å². The van der Waals surface area contributed by atoms with Gasteiger partial charge in [0.25, 0.3) is 0 Å². The fraction of sp³-hybridized carbons (Fsp3) is 0.714. The number of nitrogens with one attached hydrogen (secondary N) is 1. The molecule has 0 radical (unpaired) electrons. The number of aryl methyl sites for hydroxylation is 1. The first-order chi connectivity index (χ1) is 9.79. The first kappa shape index (κ1) is 14.5. The van der Waals surface area contributed by atoms with Gasteiger partial charge in [0, 0.05) is 28.0 Å². The van der Waals surface area contributed by atoms with Crippen molar-refractivity contribution in [2.24, 2.45) is 5.84 Å². The normalized spacial score (nSPS) is 26.7. The SMILES string of the molecule is CC1SCCSC1c1nc2c(c(NN)n1)CCCCC2. The van der Waals surface area contributed by atoms with Crippen LogP contribution in [-0.4, -0.2) is 26.7 Å². The molecule has 110 valence electrons. The second-order valence-electron chi connectivity index (χ2n) is 5.43. The van der Waals surface area contributed by atoms with E-state index in [1.807, 2.05) is 23.5 Å². The number of hydrazine groups is 1. The van der Waals surface area contributed by atoms with Gasteiger partial charge in [0.1, 0.15) is 11.6 Å². The summed E-state index contributed by atoms with van der Waals surface area (Å²) in [6.07, 6.45) is 5.85. The lowest BCUT2D eigenvalue weighted by Gasteiger charge is -2.27. The standard InChI is InChI=1S/C14H22N4S2/c1-9-12(20-8-7-19-9)14-16-11-6-4-2-3-5-10(11)13(17-14)18-15/h9,12H,2-8,15H2,1H3,(H,16,17,18). The smallest absolute Gasteiger partial charge is 0.147 e. The fourth-order valence-corrected chi connectivity index (χ4v) is 5.64. The molecule has 1 aliphatic carbocycles. The average molecular weight is 310 g/mol. The molecule has 2 atom stereocenters. The zero-order chi connectivity index (χ0) is 13.9. The number of nitrogens with two attached hydrogens (primary N) is 1. The highest BCUT2D eigenvalue weighted by molar-refractivity contribution is 8.06. The zero-order valence-electron chi connectivity index (χ0n) is 11.9. The number of hydrogen-bond acceptors (Lipinski definition) is 6. The van der Waals surface area contributed by atoms with Gasteiger partial charge in [0.05, 0.1) is 5.25 Å². The number of hydrogen-bond donors (Lipinski definition) is 2. The van der Waals surface area contributed by atoms with Crippen LogP contribution in [0.15, 0.2) is 0 Å². The van der Waals surface area contributed by atoms with E-state index in [4.69, 9.17) is 15.8 Å². The van der Waals surface area contributed by atoms with Crippen LogP contribution in [0.1, 0.15) is 48.5 Å². The van der Waals surface area contributed by atoms with Gasteiger partial charge < -0.3 is 5.43 Å². The topological polar surface area (TPSA) is 63.8 Å². The van der Waals surface area contributed by atoms with Crippen molar-refractivity contribution in [3.05, 3.63) is 17.1 Å². The van der Waals surface area contributed by atoms with Crippen LogP contribution in [0.3, 0.4) is 0 Å². The molecule has 3 rings (SSSR count). The van der Waals surface area contributed by atoms with E-state index < -0.39 is 0 Å². The molecule has 2 heterocycles. The molecule has 20 heavy (non-hydrogen) atoms. The van der Waals surface area contributed by atoms with E-state index in [-0.39, 0.29) is 0 Å². The molecule has 3 N–H and O–H groups in total. The molecule has 0 saturated carbocycles. The largest absolute Gasteiger partial charge is 0.308 e. The quantitative estimate of drug-likeness (QED) is 0.497. The van der Waals surface area contributed by atoms with Crippen LogP contribution in [0.5, 0.6) is 0 Å². The van der Waals surface area contributed by atoms with Crippen molar-refractivity contribution in [2.75, 3.05) is 16.9 Å². The maximum Gasteiger partial charge on any atom is 0.147 e. The highest BCUT2D eigenvalue weighted by atomic mass is 32.2. The van der Waals surface area contributed by atoms with Gasteiger partial charge >= 0.3 is 0 Å². The van der Waals surface area contributed by atoms with E-state index in [0.29, 0.717) is 10.5 Å². The molecule has 0 spiro atoms. The van der Waals surface area contributed by atoms with Crippen LogP contribution in [0.25, 0.3) is 0 Å². The number of nitrogens with zero attached hydrogens (tertiary/aromatic N) is 2. The first-order valence-electron chi connectivity index (χ1n) is 7.39. The minimum atomic E-state index is 0.398. The van der Waals surface area contributed by atoms with E-state index >= 15 is 0 Å². The Hall–Kier alpha value is -0.460. The van der Waals surface area contributed by atoms with Crippen LogP contribution in [-0.2, 0) is 12.8 Å². The Morgan fingerprint density at radius 3 is 2.70 bits per heavy atom. The summed E-state index contributed by atoms with van der Waals surface area (Å²) >= 11 is 4.01. The Kier molecular flexibility index (Phi) is 4.73. The van der Waals surface area contributed by atoms with Crippen LogP contribution in [0, 0.1) is 0 Å². The molecular formula is C14H22N4S2. The summed E-state index contributed by atoms with van der Waals surface area (Å²) in [6, 6.07) is 0. The van der Waals surface area contributed by atoms with Gasteiger partial charge in [0.15, 0.2) is 0 Å². The second-order valence-corrected chi connectivity index (χ2v) is 8.16. The minimum Gasteiger partial charge on any atom is -0.308 e. The molecule has 1 saturated heterocycles. The summed E-state index contributed by atoms with van der Waals surface area (Å²) in [5.41, 5.74) is 5.28. The number of nitrogen functional groups attached to an aromatic ring is 1. The number of fused-ring (bicyclic) bond motifs is 1. The lowest BCUT2D eigenvalue weighted by atomic mass is 10.1. The Labute approximate surface area is 129 Å². The maximum absolute atomic E-state index is 5.71. The first-order valence-corrected chi connectivity index (χ1v) is 9.49. The average Bonchev–Trinajstić information content (AvgIpc) is 2.72. The van der Waals surface area contributed by atoms with Crippen molar-refractivity contribution in [3.8, 4) is 0 Å². The van der Waals surface area contributed by atoms with Gasteiger partial charge in [-0.05, 0) is 25.7 Å². The van der Waals surface area contributed by atoms with E-state index in [0.717, 1.165) is 24.5 Å². The third kappa shape index (κ3) is 2.92. The summed E-state index contributed by atoms with van der Waals surface area (Å²) in [6.45, 7) is 2.28. The Morgan fingerprint density at radius 1 is 1.10 bits per heavy atom. The van der Waals surface area contributed by atoms with Crippen LogP contribution < -0.4 is 11.3 Å². The number of rotatable bonds is 2. The van der Waals surface area contributed by atoms with Gasteiger partial charge in [-0.3, -0.25) is 0 Å². The van der Waals surface area contributed by atoms with Crippen molar-refractivity contribution < 1.29 is 0 Å². The van der Waals surface area contributed by atoms with Crippen LogP contribution in [0.4, 0.5) is 5.82 Å². The highest BCUT2D eigenvalue weighted by Gasteiger charge is 2.28. The van der Waals surface area contributed by atoms with E-state index in [2.05, 4.69) is 12.3 Å². The molecule has 1 aromatic heterocycles. The van der Waals surface area contributed by atoms with E-state index in [9.17, 15) is 0 Å². The zero-order valence-corrected chi connectivity index (χ0v) is 13.5.